The highest BCUT2D eigenvalue weighted by atomic mass is 35.5. The van der Waals surface area contributed by atoms with Gasteiger partial charge in [0.1, 0.15) is 5.75 Å². The summed E-state index contributed by atoms with van der Waals surface area (Å²) in [5.74, 6) is -0.978. The number of carboxylic acids is 1. The van der Waals surface area contributed by atoms with Gasteiger partial charge in [-0.3, -0.25) is 0 Å². The monoisotopic (exact) mass is 525 g/mol. The van der Waals surface area contributed by atoms with E-state index in [-0.39, 0.29) is 27.9 Å². The molecule has 0 aromatic heterocycles. The third kappa shape index (κ3) is 7.72. The molecule has 0 amide bonds. The third-order valence-electron chi connectivity index (χ3n) is 4.87. The lowest BCUT2D eigenvalue weighted by atomic mass is 10.1. The first kappa shape index (κ1) is 27.6. The summed E-state index contributed by atoms with van der Waals surface area (Å²) in [5, 5.41) is 22.7. The maximum absolute atomic E-state index is 12.9. The first-order valence-electron chi connectivity index (χ1n) is 10.2. The van der Waals surface area contributed by atoms with Crippen molar-refractivity contribution in [3.05, 3.63) is 88.9 Å². The van der Waals surface area contributed by atoms with E-state index in [0.29, 0.717) is 24.5 Å². The molecule has 0 saturated carbocycles. The number of nitrogens with one attached hydrogen (secondary N) is 1. The van der Waals surface area contributed by atoms with Gasteiger partial charge in [-0.15, -0.1) is 12.4 Å². The zero-order valence-corrected chi connectivity index (χ0v) is 20.4. The van der Waals surface area contributed by atoms with Gasteiger partial charge in [-0.2, -0.15) is 0 Å². The quantitative estimate of drug-likeness (QED) is 0.325. The summed E-state index contributed by atoms with van der Waals surface area (Å²) in [7, 11) is -3.77. The van der Waals surface area contributed by atoms with E-state index in [1.165, 1.54) is 36.4 Å². The average molecular weight is 526 g/mol. The molecule has 3 aromatic rings. The van der Waals surface area contributed by atoms with Gasteiger partial charge in [-0.05, 0) is 66.6 Å². The number of halogens is 2. The molecule has 0 heterocycles. The highest BCUT2D eigenvalue weighted by molar-refractivity contribution is 7.91. The van der Waals surface area contributed by atoms with E-state index in [9.17, 15) is 18.3 Å². The van der Waals surface area contributed by atoms with Crippen LogP contribution in [-0.4, -0.2) is 44.3 Å². The molecule has 182 valence electrons. The Bertz CT molecular complexity index is 1200. The van der Waals surface area contributed by atoms with Crippen molar-refractivity contribution in [2.24, 2.45) is 0 Å². The molecule has 3 N–H and O–H groups in total. The van der Waals surface area contributed by atoms with Crippen molar-refractivity contribution in [3.63, 3.8) is 0 Å². The van der Waals surface area contributed by atoms with Gasteiger partial charge >= 0.3 is 5.97 Å². The van der Waals surface area contributed by atoms with Crippen LogP contribution in [0, 0.1) is 0 Å². The van der Waals surface area contributed by atoms with E-state index in [4.69, 9.17) is 21.4 Å². The Morgan fingerprint density at radius 2 is 1.71 bits per heavy atom. The maximum atomic E-state index is 12.9. The fourth-order valence-corrected chi connectivity index (χ4v) is 4.65. The van der Waals surface area contributed by atoms with E-state index >= 15 is 0 Å². The van der Waals surface area contributed by atoms with Crippen LogP contribution in [0.2, 0.25) is 5.02 Å². The Morgan fingerprint density at radius 1 is 1.00 bits per heavy atom. The fourth-order valence-electron chi connectivity index (χ4n) is 3.15. The van der Waals surface area contributed by atoms with Gasteiger partial charge in [0, 0.05) is 11.6 Å². The smallest absolute Gasteiger partial charge is 0.341 e. The van der Waals surface area contributed by atoms with E-state index < -0.39 is 28.5 Å². The number of benzene rings is 3. The molecule has 0 fully saturated rings. The first-order chi connectivity index (χ1) is 15.8. The highest BCUT2D eigenvalue weighted by Gasteiger charge is 2.18. The zero-order valence-electron chi connectivity index (χ0n) is 18.1. The summed E-state index contributed by atoms with van der Waals surface area (Å²) in [6.07, 6.45) is -0.0207. The largest absolute Gasteiger partial charge is 0.482 e. The van der Waals surface area contributed by atoms with Gasteiger partial charge < -0.3 is 20.3 Å². The second kappa shape index (κ2) is 12.7. The van der Waals surface area contributed by atoms with E-state index in [2.05, 4.69) is 5.32 Å². The van der Waals surface area contributed by atoms with Crippen LogP contribution >= 0.6 is 24.0 Å². The first-order valence-corrected chi connectivity index (χ1v) is 12.0. The Morgan fingerprint density at radius 3 is 2.38 bits per heavy atom. The second-order valence-electron chi connectivity index (χ2n) is 7.33. The van der Waals surface area contributed by atoms with Crippen molar-refractivity contribution in [1.82, 2.24) is 5.32 Å². The Kier molecular flexibility index (Phi) is 10.3. The van der Waals surface area contributed by atoms with Crippen molar-refractivity contribution in [3.8, 4) is 5.75 Å². The predicted octanol–water partition coefficient (Wildman–Crippen LogP) is 3.92. The molecule has 0 spiro atoms. The van der Waals surface area contributed by atoms with E-state index in [1.54, 1.807) is 30.3 Å². The molecule has 1 atom stereocenters. The lowest BCUT2D eigenvalue weighted by Crippen LogP contribution is -2.23. The van der Waals surface area contributed by atoms with Crippen LogP contribution in [0.1, 0.15) is 17.2 Å². The zero-order chi connectivity index (χ0) is 23.8. The molecule has 0 aliphatic heterocycles. The van der Waals surface area contributed by atoms with Crippen LogP contribution < -0.4 is 10.1 Å². The lowest BCUT2D eigenvalue weighted by molar-refractivity contribution is -0.139. The third-order valence-corrected chi connectivity index (χ3v) is 6.88. The molecule has 34 heavy (non-hydrogen) atoms. The topological polar surface area (TPSA) is 113 Å². The van der Waals surface area contributed by atoms with Crippen molar-refractivity contribution < 1.29 is 28.2 Å². The highest BCUT2D eigenvalue weighted by Crippen LogP contribution is 2.25. The Labute approximate surface area is 209 Å². The number of hydrogen-bond acceptors (Lipinski definition) is 6. The van der Waals surface area contributed by atoms with Crippen molar-refractivity contribution in [2.45, 2.75) is 22.3 Å². The van der Waals surface area contributed by atoms with Crippen molar-refractivity contribution in [1.29, 1.82) is 0 Å². The Balaban J connectivity index is 0.00000408. The molecular formula is C24H25Cl2NO6S. The molecule has 1 unspecified atom stereocenters. The van der Waals surface area contributed by atoms with Gasteiger partial charge in [-0.25, -0.2) is 13.2 Å². The van der Waals surface area contributed by atoms with Crippen LogP contribution in [-0.2, 0) is 21.1 Å². The summed E-state index contributed by atoms with van der Waals surface area (Å²) in [6, 6.07) is 19.4. The number of hydrogen-bond donors (Lipinski definition) is 3. The molecule has 0 radical (unpaired) electrons. The van der Waals surface area contributed by atoms with Crippen molar-refractivity contribution in [2.75, 3.05) is 19.7 Å². The molecule has 7 nitrogen and oxygen atoms in total. The van der Waals surface area contributed by atoms with Crippen LogP contribution in [0.15, 0.2) is 82.6 Å². The minimum atomic E-state index is -3.77. The van der Waals surface area contributed by atoms with Crippen LogP contribution in [0.3, 0.4) is 0 Å². The number of sulfone groups is 1. The molecule has 0 aliphatic rings. The van der Waals surface area contributed by atoms with Crippen LogP contribution in [0.25, 0.3) is 0 Å². The minimum Gasteiger partial charge on any atom is -0.482 e. The van der Waals surface area contributed by atoms with Gasteiger partial charge in [0.25, 0.3) is 0 Å². The Hall–Kier alpha value is -2.62. The van der Waals surface area contributed by atoms with Gasteiger partial charge in [0.2, 0.25) is 9.84 Å². The predicted molar refractivity (Wildman–Crippen MR) is 132 cm³/mol. The number of aliphatic carboxylic acids is 1. The maximum Gasteiger partial charge on any atom is 0.341 e. The van der Waals surface area contributed by atoms with Gasteiger partial charge in [0.05, 0.1) is 15.9 Å². The van der Waals surface area contributed by atoms with Crippen LogP contribution in [0.5, 0.6) is 5.75 Å². The lowest BCUT2D eigenvalue weighted by Gasteiger charge is -2.13. The van der Waals surface area contributed by atoms with Gasteiger partial charge in [-0.1, -0.05) is 41.9 Å². The normalized spacial score (nSPS) is 11.9. The standard InChI is InChI=1S/C24H24ClNO6S.ClH/c25-19-4-1-3-18(13-19)23(27)15-26-12-11-17-7-9-21(10-8-17)33(30,31)22-6-2-5-20(14-22)32-16-24(28)29;/h1-10,13-14,23,26-27H,11-12,15-16H2,(H,28,29);1H. The SMILES string of the molecule is Cl.O=C(O)COc1cccc(S(=O)(=O)c2ccc(CCNCC(O)c3cccc(Cl)c3)cc2)c1. The summed E-state index contributed by atoms with van der Waals surface area (Å²) in [4.78, 5) is 10.8. The summed E-state index contributed by atoms with van der Waals surface area (Å²) in [6.45, 7) is 0.419. The molecule has 0 saturated heterocycles. The van der Waals surface area contributed by atoms with E-state index in [0.717, 1.165) is 11.1 Å². The van der Waals surface area contributed by atoms with Gasteiger partial charge in [0.15, 0.2) is 6.61 Å². The molecule has 3 rings (SSSR count). The summed E-state index contributed by atoms with van der Waals surface area (Å²) >= 11 is 5.95. The second-order valence-corrected chi connectivity index (χ2v) is 9.72. The molecule has 3 aromatic carbocycles. The van der Waals surface area contributed by atoms with E-state index in [1.807, 2.05) is 6.07 Å². The summed E-state index contributed by atoms with van der Waals surface area (Å²) < 4.78 is 30.9. The fraction of sp³-hybridized carbons (Fsp3) is 0.208. The molecule has 0 aliphatic carbocycles. The summed E-state index contributed by atoms with van der Waals surface area (Å²) in [5.41, 5.74) is 1.68. The number of carboxylic acid groups (broad SMARTS) is 1. The number of aliphatic hydroxyl groups is 1. The van der Waals surface area contributed by atoms with Crippen LogP contribution in [0.4, 0.5) is 0 Å². The molecule has 10 heteroatoms. The van der Waals surface area contributed by atoms with Crippen molar-refractivity contribution >= 4 is 39.8 Å². The molecular weight excluding hydrogens is 501 g/mol. The number of ether oxygens (including phenoxy) is 1. The number of carbonyl (C=O) groups is 1. The molecule has 0 bridgehead atoms. The average Bonchev–Trinajstić information content (AvgIpc) is 2.81. The minimum absolute atomic E-state index is 0. The number of rotatable bonds is 11. The number of aliphatic hydroxyl groups excluding tert-OH is 1.